The Morgan fingerprint density at radius 3 is 2.47 bits per heavy atom. The second-order valence-corrected chi connectivity index (χ2v) is 6.31. The lowest BCUT2D eigenvalue weighted by molar-refractivity contribution is -0.0205. The Morgan fingerprint density at radius 2 is 1.94 bits per heavy atom. The third-order valence-corrected chi connectivity index (χ3v) is 4.36. The molecule has 100 valence electrons. The zero-order chi connectivity index (χ0) is 12.3. The quantitative estimate of drug-likeness (QED) is 0.819. The highest BCUT2D eigenvalue weighted by atomic mass is 16.5. The van der Waals surface area contributed by atoms with Gasteiger partial charge in [-0.2, -0.15) is 0 Å². The van der Waals surface area contributed by atoms with Crippen LogP contribution in [0.2, 0.25) is 0 Å². The van der Waals surface area contributed by atoms with Gasteiger partial charge in [0.25, 0.3) is 0 Å². The number of rotatable bonds is 3. The molecular formula is C14H27NO2. The minimum atomic E-state index is -0.500. The first-order valence-electron chi connectivity index (χ1n) is 7.08. The lowest BCUT2D eigenvalue weighted by Crippen LogP contribution is -2.44. The summed E-state index contributed by atoms with van der Waals surface area (Å²) in [6, 6.07) is 0. The minimum Gasteiger partial charge on any atom is -0.390 e. The summed E-state index contributed by atoms with van der Waals surface area (Å²) in [4.78, 5) is 2.56. The largest absolute Gasteiger partial charge is 0.390 e. The van der Waals surface area contributed by atoms with E-state index in [1.165, 1.54) is 19.4 Å². The second kappa shape index (κ2) is 5.68. The lowest BCUT2D eigenvalue weighted by Gasteiger charge is -2.39. The number of nitrogens with zero attached hydrogens (tertiary/aromatic N) is 1. The van der Waals surface area contributed by atoms with Crippen LogP contribution in [0.1, 0.15) is 39.5 Å². The van der Waals surface area contributed by atoms with Gasteiger partial charge in [0, 0.05) is 13.2 Å². The molecule has 0 spiro atoms. The summed E-state index contributed by atoms with van der Waals surface area (Å²) in [7, 11) is 0. The van der Waals surface area contributed by atoms with Crippen LogP contribution in [0.3, 0.4) is 0 Å². The molecule has 2 heterocycles. The van der Waals surface area contributed by atoms with E-state index in [1.807, 2.05) is 13.8 Å². The van der Waals surface area contributed by atoms with Gasteiger partial charge in [0.1, 0.15) is 0 Å². The topological polar surface area (TPSA) is 32.7 Å². The van der Waals surface area contributed by atoms with Gasteiger partial charge in [0.05, 0.1) is 12.2 Å². The molecule has 0 amide bonds. The zero-order valence-corrected chi connectivity index (χ0v) is 11.3. The summed E-state index contributed by atoms with van der Waals surface area (Å²) < 4.78 is 5.53. The Bertz CT molecular complexity index is 223. The molecule has 0 aromatic carbocycles. The van der Waals surface area contributed by atoms with E-state index in [9.17, 15) is 5.11 Å². The van der Waals surface area contributed by atoms with Crippen LogP contribution < -0.4 is 0 Å². The summed E-state index contributed by atoms with van der Waals surface area (Å²) in [6.07, 6.45) is 4.82. The van der Waals surface area contributed by atoms with Crippen molar-refractivity contribution < 1.29 is 9.84 Å². The molecule has 3 heteroatoms. The molecule has 1 atom stereocenters. The standard InChI is InChI=1S/C14H27NO2/c1-14(2,16)13-5-7-15(8-6-13)10-12-4-3-9-17-11-12/h12-13,16H,3-11H2,1-2H3. The number of hydrogen-bond acceptors (Lipinski definition) is 3. The molecule has 3 nitrogen and oxygen atoms in total. The van der Waals surface area contributed by atoms with E-state index in [-0.39, 0.29) is 0 Å². The Kier molecular flexibility index (Phi) is 4.45. The summed E-state index contributed by atoms with van der Waals surface area (Å²) in [5, 5.41) is 10.0. The lowest BCUT2D eigenvalue weighted by atomic mass is 9.83. The zero-order valence-electron chi connectivity index (χ0n) is 11.3. The number of likely N-dealkylation sites (tertiary alicyclic amines) is 1. The Hall–Kier alpha value is -0.120. The summed E-state index contributed by atoms with van der Waals surface area (Å²) in [6.45, 7) is 9.28. The molecule has 0 radical (unpaired) electrons. The van der Waals surface area contributed by atoms with Crippen molar-refractivity contribution in [2.75, 3.05) is 32.8 Å². The molecule has 0 saturated carbocycles. The van der Waals surface area contributed by atoms with Gasteiger partial charge in [-0.1, -0.05) is 0 Å². The van der Waals surface area contributed by atoms with E-state index in [4.69, 9.17) is 4.74 Å². The van der Waals surface area contributed by atoms with Crippen molar-refractivity contribution in [1.82, 2.24) is 4.90 Å². The molecule has 0 aromatic heterocycles. The molecule has 2 aliphatic rings. The molecule has 17 heavy (non-hydrogen) atoms. The van der Waals surface area contributed by atoms with Crippen LogP contribution in [-0.4, -0.2) is 48.5 Å². The Balaban J connectivity index is 1.71. The van der Waals surface area contributed by atoms with Crippen LogP contribution >= 0.6 is 0 Å². The van der Waals surface area contributed by atoms with Gasteiger partial charge in [-0.25, -0.2) is 0 Å². The third kappa shape index (κ3) is 3.94. The van der Waals surface area contributed by atoms with E-state index in [0.29, 0.717) is 5.92 Å². The fourth-order valence-corrected chi connectivity index (χ4v) is 3.14. The van der Waals surface area contributed by atoms with Crippen LogP contribution in [0.25, 0.3) is 0 Å². The fraction of sp³-hybridized carbons (Fsp3) is 1.00. The first-order valence-corrected chi connectivity index (χ1v) is 7.08. The van der Waals surface area contributed by atoms with E-state index in [0.717, 1.165) is 45.1 Å². The molecule has 2 fully saturated rings. The molecule has 0 aromatic rings. The van der Waals surface area contributed by atoms with E-state index < -0.39 is 5.60 Å². The molecule has 2 rings (SSSR count). The van der Waals surface area contributed by atoms with E-state index in [2.05, 4.69) is 4.90 Å². The normalized spacial score (nSPS) is 29.5. The number of hydrogen-bond donors (Lipinski definition) is 1. The van der Waals surface area contributed by atoms with Crippen LogP contribution in [0.5, 0.6) is 0 Å². The Labute approximate surface area is 105 Å². The van der Waals surface area contributed by atoms with Crippen molar-refractivity contribution in [2.24, 2.45) is 11.8 Å². The van der Waals surface area contributed by atoms with Gasteiger partial charge >= 0.3 is 0 Å². The summed E-state index contributed by atoms with van der Waals surface area (Å²) in [5.74, 6) is 1.21. The first-order chi connectivity index (χ1) is 8.05. The highest BCUT2D eigenvalue weighted by Crippen LogP contribution is 2.28. The van der Waals surface area contributed by atoms with E-state index >= 15 is 0 Å². The van der Waals surface area contributed by atoms with Crippen molar-refractivity contribution in [3.63, 3.8) is 0 Å². The maximum absolute atomic E-state index is 10.0. The van der Waals surface area contributed by atoms with E-state index in [1.54, 1.807) is 0 Å². The Morgan fingerprint density at radius 1 is 1.24 bits per heavy atom. The highest BCUT2D eigenvalue weighted by molar-refractivity contribution is 4.83. The molecule has 2 aliphatic heterocycles. The average Bonchev–Trinajstić information content (AvgIpc) is 2.30. The summed E-state index contributed by atoms with van der Waals surface area (Å²) >= 11 is 0. The smallest absolute Gasteiger partial charge is 0.0620 e. The maximum Gasteiger partial charge on any atom is 0.0620 e. The van der Waals surface area contributed by atoms with Gasteiger partial charge in [-0.15, -0.1) is 0 Å². The molecule has 0 aliphatic carbocycles. The van der Waals surface area contributed by atoms with Crippen LogP contribution in [0.15, 0.2) is 0 Å². The predicted octanol–water partition coefficient (Wildman–Crippen LogP) is 1.90. The summed E-state index contributed by atoms with van der Waals surface area (Å²) in [5.41, 5.74) is -0.500. The maximum atomic E-state index is 10.0. The monoisotopic (exact) mass is 241 g/mol. The highest BCUT2D eigenvalue weighted by Gasteiger charge is 2.31. The first kappa shape index (κ1) is 13.3. The van der Waals surface area contributed by atoms with Crippen molar-refractivity contribution in [3.8, 4) is 0 Å². The number of ether oxygens (including phenoxy) is 1. The average molecular weight is 241 g/mol. The van der Waals surface area contributed by atoms with Crippen LogP contribution in [0.4, 0.5) is 0 Å². The molecule has 1 N–H and O–H groups in total. The van der Waals surface area contributed by atoms with Gasteiger partial charge in [0.15, 0.2) is 0 Å². The van der Waals surface area contributed by atoms with Gasteiger partial charge in [-0.3, -0.25) is 0 Å². The SMILES string of the molecule is CC(C)(O)C1CCN(CC2CCCOC2)CC1. The van der Waals surface area contributed by atoms with Gasteiger partial charge in [0.2, 0.25) is 0 Å². The molecule has 1 unspecified atom stereocenters. The third-order valence-electron chi connectivity index (χ3n) is 4.36. The van der Waals surface area contributed by atoms with Crippen molar-refractivity contribution in [2.45, 2.75) is 45.1 Å². The van der Waals surface area contributed by atoms with Crippen molar-refractivity contribution >= 4 is 0 Å². The van der Waals surface area contributed by atoms with Crippen molar-refractivity contribution in [3.05, 3.63) is 0 Å². The number of aliphatic hydroxyl groups is 1. The van der Waals surface area contributed by atoms with Gasteiger partial charge in [-0.05, 0) is 64.5 Å². The molecular weight excluding hydrogens is 214 g/mol. The van der Waals surface area contributed by atoms with Crippen LogP contribution in [0, 0.1) is 11.8 Å². The predicted molar refractivity (Wildman–Crippen MR) is 69.0 cm³/mol. The second-order valence-electron chi connectivity index (χ2n) is 6.31. The number of piperidine rings is 1. The molecule has 2 saturated heterocycles. The van der Waals surface area contributed by atoms with Crippen LogP contribution in [-0.2, 0) is 4.74 Å². The molecule has 0 bridgehead atoms. The van der Waals surface area contributed by atoms with Gasteiger partial charge < -0.3 is 14.7 Å². The minimum absolute atomic E-state index is 0.473. The van der Waals surface area contributed by atoms with Crippen molar-refractivity contribution in [1.29, 1.82) is 0 Å². The fourth-order valence-electron chi connectivity index (χ4n) is 3.14.